The lowest BCUT2D eigenvalue weighted by Crippen LogP contribution is -2.24. The Morgan fingerprint density at radius 3 is 2.71 bits per heavy atom. The maximum absolute atomic E-state index is 13.1. The van der Waals surface area contributed by atoms with Gasteiger partial charge in [-0.3, -0.25) is 0 Å². The van der Waals surface area contributed by atoms with Crippen molar-refractivity contribution >= 4 is 0 Å². The topological polar surface area (TPSA) is 70.0 Å². The second-order valence-corrected chi connectivity index (χ2v) is 3.08. The van der Waals surface area contributed by atoms with E-state index >= 15 is 0 Å². The minimum absolute atomic E-state index is 0.0964. The van der Waals surface area contributed by atoms with Crippen LogP contribution in [0.2, 0.25) is 0 Å². The molecular formula is C10H11FN2O. The molecule has 0 radical (unpaired) electrons. The van der Waals surface area contributed by atoms with Gasteiger partial charge in [-0.25, -0.2) is 4.39 Å². The third-order valence-corrected chi connectivity index (χ3v) is 2.04. The summed E-state index contributed by atoms with van der Waals surface area (Å²) in [7, 11) is 0. The Hall–Kier alpha value is -1.44. The number of nitrogens with zero attached hydrogens (tertiary/aromatic N) is 1. The lowest BCUT2D eigenvalue weighted by atomic mass is 9.98. The molecule has 14 heavy (non-hydrogen) atoms. The van der Waals surface area contributed by atoms with E-state index in [0.717, 1.165) is 0 Å². The molecule has 0 aromatic heterocycles. The van der Waals surface area contributed by atoms with Gasteiger partial charge in [0.05, 0.1) is 17.7 Å². The Morgan fingerprint density at radius 1 is 1.57 bits per heavy atom. The van der Waals surface area contributed by atoms with Crippen LogP contribution in [0.15, 0.2) is 18.2 Å². The normalized spacial score (nSPS) is 14.5. The standard InChI is InChI=1S/C10H11FN2O/c1-6(14)10(13)7-3-2-4-9(11)8(7)5-12/h2-4,6,10,14H,13H2,1H3/t6-,10-/m0/s1. The molecular weight excluding hydrogens is 183 g/mol. The second-order valence-electron chi connectivity index (χ2n) is 3.08. The lowest BCUT2D eigenvalue weighted by molar-refractivity contribution is 0.164. The van der Waals surface area contributed by atoms with E-state index < -0.39 is 18.0 Å². The quantitative estimate of drug-likeness (QED) is 0.740. The molecule has 1 aromatic rings. The molecule has 1 rings (SSSR count). The van der Waals surface area contributed by atoms with Crippen LogP contribution in [0, 0.1) is 17.1 Å². The minimum atomic E-state index is -0.816. The van der Waals surface area contributed by atoms with Crippen LogP contribution in [0.4, 0.5) is 4.39 Å². The first-order valence-corrected chi connectivity index (χ1v) is 4.20. The number of hydrogen-bond donors (Lipinski definition) is 2. The molecule has 0 aliphatic rings. The number of aliphatic hydroxyl groups excluding tert-OH is 1. The van der Waals surface area contributed by atoms with E-state index in [1.807, 2.05) is 0 Å². The van der Waals surface area contributed by atoms with Crippen molar-refractivity contribution < 1.29 is 9.50 Å². The summed E-state index contributed by atoms with van der Waals surface area (Å²) in [6, 6.07) is 5.20. The summed E-state index contributed by atoms with van der Waals surface area (Å²) in [4.78, 5) is 0. The van der Waals surface area contributed by atoms with Gasteiger partial charge in [-0.1, -0.05) is 12.1 Å². The van der Waals surface area contributed by atoms with Crippen molar-refractivity contribution in [2.24, 2.45) is 5.73 Å². The molecule has 0 fully saturated rings. The average molecular weight is 194 g/mol. The van der Waals surface area contributed by atoms with Gasteiger partial charge >= 0.3 is 0 Å². The predicted octanol–water partition coefficient (Wildman–Crippen LogP) is 1.08. The first-order valence-electron chi connectivity index (χ1n) is 4.20. The van der Waals surface area contributed by atoms with E-state index in [4.69, 9.17) is 11.0 Å². The highest BCUT2D eigenvalue weighted by Crippen LogP contribution is 2.20. The predicted molar refractivity (Wildman–Crippen MR) is 49.7 cm³/mol. The van der Waals surface area contributed by atoms with Crippen LogP contribution in [-0.2, 0) is 0 Å². The third kappa shape index (κ3) is 1.90. The Balaban J connectivity index is 3.22. The van der Waals surface area contributed by atoms with Gasteiger partial charge in [0.25, 0.3) is 0 Å². The first kappa shape index (κ1) is 10.6. The molecule has 0 unspecified atom stereocenters. The number of hydrogen-bond acceptors (Lipinski definition) is 3. The van der Waals surface area contributed by atoms with Crippen molar-refractivity contribution in [1.82, 2.24) is 0 Å². The zero-order valence-corrected chi connectivity index (χ0v) is 7.74. The number of nitriles is 1. The van der Waals surface area contributed by atoms with Crippen LogP contribution < -0.4 is 5.73 Å². The Bertz CT molecular complexity index is 371. The van der Waals surface area contributed by atoms with Crippen LogP contribution in [0.3, 0.4) is 0 Å². The number of nitrogens with two attached hydrogens (primary N) is 1. The summed E-state index contributed by atoms with van der Waals surface area (Å²) in [5.41, 5.74) is 5.85. The highest BCUT2D eigenvalue weighted by atomic mass is 19.1. The van der Waals surface area contributed by atoms with Crippen molar-refractivity contribution in [1.29, 1.82) is 5.26 Å². The molecule has 0 saturated carbocycles. The smallest absolute Gasteiger partial charge is 0.141 e. The molecule has 1 aromatic carbocycles. The van der Waals surface area contributed by atoms with Crippen LogP contribution in [0.25, 0.3) is 0 Å². The summed E-state index contributed by atoms with van der Waals surface area (Å²) in [5, 5.41) is 17.9. The molecule has 3 N–H and O–H groups in total. The SMILES string of the molecule is C[C@H](O)[C@H](N)c1cccc(F)c1C#N. The minimum Gasteiger partial charge on any atom is -0.391 e. The van der Waals surface area contributed by atoms with Crippen molar-refractivity contribution in [3.63, 3.8) is 0 Å². The second kappa shape index (κ2) is 4.18. The van der Waals surface area contributed by atoms with E-state index in [1.54, 1.807) is 12.1 Å². The molecule has 0 saturated heterocycles. The largest absolute Gasteiger partial charge is 0.391 e. The summed E-state index contributed by atoms with van der Waals surface area (Å²) >= 11 is 0. The highest BCUT2D eigenvalue weighted by Gasteiger charge is 2.17. The molecule has 0 aliphatic heterocycles. The average Bonchev–Trinajstić information content (AvgIpc) is 2.16. The van der Waals surface area contributed by atoms with Gasteiger partial charge in [0, 0.05) is 0 Å². The van der Waals surface area contributed by atoms with E-state index in [2.05, 4.69) is 0 Å². The van der Waals surface area contributed by atoms with Crippen LogP contribution in [0.5, 0.6) is 0 Å². The van der Waals surface area contributed by atoms with Gasteiger partial charge in [0.1, 0.15) is 11.9 Å². The van der Waals surface area contributed by atoms with Gasteiger partial charge in [-0.15, -0.1) is 0 Å². The van der Waals surface area contributed by atoms with Crippen LogP contribution >= 0.6 is 0 Å². The molecule has 3 nitrogen and oxygen atoms in total. The number of benzene rings is 1. The van der Waals surface area contributed by atoms with Crippen molar-refractivity contribution in [2.75, 3.05) is 0 Å². The molecule has 0 aliphatic carbocycles. The zero-order valence-electron chi connectivity index (χ0n) is 7.74. The van der Waals surface area contributed by atoms with Gasteiger partial charge in [-0.05, 0) is 18.6 Å². The monoisotopic (exact) mass is 194 g/mol. The van der Waals surface area contributed by atoms with Crippen molar-refractivity contribution in [3.05, 3.63) is 35.1 Å². The zero-order chi connectivity index (χ0) is 10.7. The van der Waals surface area contributed by atoms with E-state index in [-0.39, 0.29) is 5.56 Å². The number of aliphatic hydroxyl groups is 1. The fourth-order valence-corrected chi connectivity index (χ4v) is 1.20. The Kier molecular flexibility index (Phi) is 3.18. The van der Waals surface area contributed by atoms with E-state index in [0.29, 0.717) is 5.56 Å². The molecule has 0 amide bonds. The molecule has 0 bridgehead atoms. The van der Waals surface area contributed by atoms with E-state index in [1.165, 1.54) is 19.1 Å². The summed E-state index contributed by atoms with van der Waals surface area (Å²) in [5.74, 6) is -0.610. The van der Waals surface area contributed by atoms with Gasteiger partial charge in [0.2, 0.25) is 0 Å². The molecule has 74 valence electrons. The fraction of sp³-hybridized carbons (Fsp3) is 0.300. The summed E-state index contributed by atoms with van der Waals surface area (Å²) in [6.45, 7) is 1.50. The molecule has 2 atom stereocenters. The Morgan fingerprint density at radius 2 is 2.21 bits per heavy atom. The van der Waals surface area contributed by atoms with Gasteiger partial charge in [-0.2, -0.15) is 5.26 Å². The summed E-state index contributed by atoms with van der Waals surface area (Å²) < 4.78 is 13.1. The van der Waals surface area contributed by atoms with Crippen LogP contribution in [-0.4, -0.2) is 11.2 Å². The number of halogens is 1. The van der Waals surface area contributed by atoms with Crippen molar-refractivity contribution in [3.8, 4) is 6.07 Å². The van der Waals surface area contributed by atoms with E-state index in [9.17, 15) is 9.50 Å². The highest BCUT2D eigenvalue weighted by molar-refractivity contribution is 5.40. The molecule has 0 spiro atoms. The lowest BCUT2D eigenvalue weighted by Gasteiger charge is -2.16. The maximum Gasteiger partial charge on any atom is 0.141 e. The summed E-state index contributed by atoms with van der Waals surface area (Å²) in [6.07, 6.45) is -0.816. The van der Waals surface area contributed by atoms with Crippen molar-refractivity contribution in [2.45, 2.75) is 19.1 Å². The fourth-order valence-electron chi connectivity index (χ4n) is 1.20. The number of rotatable bonds is 2. The Labute approximate surface area is 81.6 Å². The molecule has 4 heteroatoms. The van der Waals surface area contributed by atoms with Crippen LogP contribution in [0.1, 0.15) is 24.1 Å². The van der Waals surface area contributed by atoms with Gasteiger partial charge < -0.3 is 10.8 Å². The first-order chi connectivity index (χ1) is 6.57. The van der Waals surface area contributed by atoms with Gasteiger partial charge in [0.15, 0.2) is 0 Å². The third-order valence-electron chi connectivity index (χ3n) is 2.04. The molecule has 0 heterocycles. The maximum atomic E-state index is 13.1.